The van der Waals surface area contributed by atoms with Crippen LogP contribution in [0.1, 0.15) is 21.5 Å². The predicted molar refractivity (Wildman–Crippen MR) is 138 cm³/mol. The van der Waals surface area contributed by atoms with Crippen molar-refractivity contribution in [3.05, 3.63) is 114 Å². The molecule has 0 unspecified atom stereocenters. The van der Waals surface area contributed by atoms with Gasteiger partial charge in [0.1, 0.15) is 11.8 Å². The van der Waals surface area contributed by atoms with Crippen molar-refractivity contribution in [1.82, 2.24) is 5.32 Å². The van der Waals surface area contributed by atoms with Crippen LogP contribution in [0, 0.1) is 0 Å². The fraction of sp³-hybridized carbons (Fsp3) is 0.133. The van der Waals surface area contributed by atoms with Crippen LogP contribution in [0.5, 0.6) is 5.75 Å². The molecule has 1 atom stereocenters. The van der Waals surface area contributed by atoms with Gasteiger partial charge in [0.15, 0.2) is 0 Å². The Labute approximate surface area is 230 Å². The summed E-state index contributed by atoms with van der Waals surface area (Å²) < 4.78 is 79.3. The third-order valence-corrected chi connectivity index (χ3v) is 6.11. The third-order valence-electron chi connectivity index (χ3n) is 6.11. The summed E-state index contributed by atoms with van der Waals surface area (Å²) in [5.41, 5.74) is 2.39. The molecule has 11 heteroatoms. The molecule has 41 heavy (non-hydrogen) atoms. The molecule has 0 aliphatic heterocycles. The molecular formula is C30H21F6NO4. The first-order chi connectivity index (χ1) is 19.3. The van der Waals surface area contributed by atoms with Gasteiger partial charge >= 0.3 is 18.5 Å². The van der Waals surface area contributed by atoms with Gasteiger partial charge in [-0.25, -0.2) is 4.79 Å². The molecule has 0 bridgehead atoms. The van der Waals surface area contributed by atoms with Gasteiger partial charge in [-0.1, -0.05) is 60.7 Å². The zero-order chi connectivity index (χ0) is 29.8. The first kappa shape index (κ1) is 29.2. The summed E-state index contributed by atoms with van der Waals surface area (Å²) in [6.07, 6.45) is -9.28. The number of rotatable bonds is 8. The highest BCUT2D eigenvalue weighted by Gasteiger charge is 2.31. The van der Waals surface area contributed by atoms with Crippen LogP contribution in [0.3, 0.4) is 0 Å². The normalized spacial score (nSPS) is 12.4. The number of aliphatic carboxylic acids is 1. The smallest absolute Gasteiger partial charge is 0.480 e. The van der Waals surface area contributed by atoms with E-state index in [2.05, 4.69) is 10.1 Å². The van der Waals surface area contributed by atoms with E-state index in [9.17, 15) is 41.0 Å². The summed E-state index contributed by atoms with van der Waals surface area (Å²) in [5, 5.41) is 12.1. The van der Waals surface area contributed by atoms with E-state index in [0.29, 0.717) is 27.8 Å². The molecule has 4 aromatic rings. The molecule has 0 radical (unpaired) electrons. The van der Waals surface area contributed by atoms with Crippen LogP contribution in [0.2, 0.25) is 0 Å². The predicted octanol–water partition coefficient (Wildman–Crippen LogP) is 7.36. The lowest BCUT2D eigenvalue weighted by Crippen LogP contribution is -2.42. The molecule has 0 spiro atoms. The number of ether oxygens (including phenoxy) is 1. The lowest BCUT2D eigenvalue weighted by molar-refractivity contribution is -0.274. The van der Waals surface area contributed by atoms with Gasteiger partial charge in [0.2, 0.25) is 0 Å². The number of carbonyl (C=O) groups excluding carboxylic acids is 1. The number of hydrogen-bond acceptors (Lipinski definition) is 3. The molecule has 0 heterocycles. The topological polar surface area (TPSA) is 75.6 Å². The Morgan fingerprint density at radius 3 is 1.56 bits per heavy atom. The first-order valence-corrected chi connectivity index (χ1v) is 12.0. The highest BCUT2D eigenvalue weighted by molar-refractivity contribution is 5.97. The van der Waals surface area contributed by atoms with Gasteiger partial charge in [-0.3, -0.25) is 4.79 Å². The monoisotopic (exact) mass is 573 g/mol. The second-order valence-electron chi connectivity index (χ2n) is 8.99. The van der Waals surface area contributed by atoms with Crippen LogP contribution in [-0.2, 0) is 17.4 Å². The van der Waals surface area contributed by atoms with E-state index < -0.39 is 36.0 Å². The Morgan fingerprint density at radius 2 is 1.12 bits per heavy atom. The van der Waals surface area contributed by atoms with Crippen molar-refractivity contribution in [1.29, 1.82) is 0 Å². The summed E-state index contributed by atoms with van der Waals surface area (Å²) in [5.74, 6) is -2.27. The van der Waals surface area contributed by atoms with Crippen molar-refractivity contribution in [3.8, 4) is 28.0 Å². The number of hydrogen-bond donors (Lipinski definition) is 2. The summed E-state index contributed by atoms with van der Waals surface area (Å²) in [6, 6.07) is 21.2. The van der Waals surface area contributed by atoms with Gasteiger partial charge in [-0.05, 0) is 64.2 Å². The molecular weight excluding hydrogens is 552 g/mol. The van der Waals surface area contributed by atoms with E-state index >= 15 is 0 Å². The van der Waals surface area contributed by atoms with Crippen LogP contribution < -0.4 is 10.1 Å². The molecule has 0 saturated carbocycles. The van der Waals surface area contributed by atoms with Crippen molar-refractivity contribution in [2.75, 3.05) is 0 Å². The molecule has 1 amide bonds. The van der Waals surface area contributed by atoms with Gasteiger partial charge in [-0.15, -0.1) is 13.2 Å². The molecule has 0 aromatic heterocycles. The van der Waals surface area contributed by atoms with Crippen molar-refractivity contribution in [2.45, 2.75) is 25.0 Å². The van der Waals surface area contributed by atoms with E-state index in [1.165, 1.54) is 36.4 Å². The minimum Gasteiger partial charge on any atom is -0.480 e. The average Bonchev–Trinajstić information content (AvgIpc) is 2.92. The standard InChI is InChI=1S/C30H21F6NO4/c31-29(32,33)24-13-9-21(10-14-24)19-3-1-18(2-4-19)17-26(28(39)40)37-27(38)23-7-5-20(6-8-23)22-11-15-25(16-12-22)41-30(34,35)36/h1-16,26H,17H2,(H,37,38)(H,39,40)/t26-/m0/s1. The van der Waals surface area contributed by atoms with E-state index in [-0.39, 0.29) is 17.7 Å². The minimum absolute atomic E-state index is 0.0429. The maximum Gasteiger partial charge on any atom is 0.573 e. The zero-order valence-corrected chi connectivity index (χ0v) is 21.0. The minimum atomic E-state index is -4.80. The first-order valence-electron chi connectivity index (χ1n) is 12.0. The lowest BCUT2D eigenvalue weighted by atomic mass is 9.99. The maximum absolute atomic E-state index is 12.8. The van der Waals surface area contributed by atoms with E-state index in [4.69, 9.17) is 0 Å². The Kier molecular flexibility index (Phi) is 8.36. The van der Waals surface area contributed by atoms with Crippen LogP contribution in [0.25, 0.3) is 22.3 Å². The Bertz CT molecular complexity index is 1500. The van der Waals surface area contributed by atoms with Gasteiger partial charge in [0.25, 0.3) is 5.91 Å². The maximum atomic E-state index is 12.8. The highest BCUT2D eigenvalue weighted by atomic mass is 19.4. The SMILES string of the molecule is O=C(N[C@@H](Cc1ccc(-c2ccc(C(F)(F)F)cc2)cc1)C(=O)O)c1ccc(-c2ccc(OC(F)(F)F)cc2)cc1. The van der Waals surface area contributed by atoms with Crippen molar-refractivity contribution < 1.29 is 45.8 Å². The lowest BCUT2D eigenvalue weighted by Gasteiger charge is -2.15. The second kappa shape index (κ2) is 11.7. The van der Waals surface area contributed by atoms with E-state index in [0.717, 1.165) is 24.3 Å². The number of benzene rings is 4. The number of carboxylic acid groups (broad SMARTS) is 1. The van der Waals surface area contributed by atoms with Gasteiger partial charge < -0.3 is 15.2 Å². The van der Waals surface area contributed by atoms with Crippen LogP contribution >= 0.6 is 0 Å². The fourth-order valence-corrected chi connectivity index (χ4v) is 4.03. The molecule has 4 aromatic carbocycles. The molecule has 4 rings (SSSR count). The Hall–Kier alpha value is -4.80. The summed E-state index contributed by atoms with van der Waals surface area (Å²) in [7, 11) is 0. The zero-order valence-electron chi connectivity index (χ0n) is 21.0. The van der Waals surface area contributed by atoms with Gasteiger partial charge in [-0.2, -0.15) is 13.2 Å². The molecule has 0 aliphatic rings. The number of nitrogens with one attached hydrogen (secondary N) is 1. The van der Waals surface area contributed by atoms with Gasteiger partial charge in [0.05, 0.1) is 5.56 Å². The van der Waals surface area contributed by atoms with Crippen LogP contribution in [0.15, 0.2) is 97.1 Å². The summed E-state index contributed by atoms with van der Waals surface area (Å²) >= 11 is 0. The van der Waals surface area contributed by atoms with Gasteiger partial charge in [0, 0.05) is 12.0 Å². The van der Waals surface area contributed by atoms with E-state index in [1.807, 2.05) is 0 Å². The quantitative estimate of drug-likeness (QED) is 0.216. The molecule has 212 valence electrons. The number of carbonyl (C=O) groups is 2. The summed E-state index contributed by atoms with van der Waals surface area (Å²) in [4.78, 5) is 24.6. The fourth-order valence-electron chi connectivity index (χ4n) is 4.03. The van der Waals surface area contributed by atoms with Crippen LogP contribution in [0.4, 0.5) is 26.3 Å². The molecule has 2 N–H and O–H groups in total. The highest BCUT2D eigenvalue weighted by Crippen LogP contribution is 2.31. The van der Waals surface area contributed by atoms with Crippen molar-refractivity contribution in [2.24, 2.45) is 0 Å². The van der Waals surface area contributed by atoms with E-state index in [1.54, 1.807) is 36.4 Å². The van der Waals surface area contributed by atoms with Crippen LogP contribution in [-0.4, -0.2) is 29.4 Å². The second-order valence-corrected chi connectivity index (χ2v) is 8.99. The van der Waals surface area contributed by atoms with Crippen molar-refractivity contribution >= 4 is 11.9 Å². The molecule has 0 aliphatic carbocycles. The number of alkyl halides is 6. The number of amides is 1. The summed E-state index contributed by atoms with van der Waals surface area (Å²) in [6.45, 7) is 0. The Morgan fingerprint density at radius 1 is 0.683 bits per heavy atom. The average molecular weight is 573 g/mol. The third kappa shape index (κ3) is 7.87. The molecule has 0 fully saturated rings. The molecule has 5 nitrogen and oxygen atoms in total. The number of carboxylic acids is 1. The van der Waals surface area contributed by atoms with Crippen molar-refractivity contribution in [3.63, 3.8) is 0 Å². The largest absolute Gasteiger partial charge is 0.573 e. The Balaban J connectivity index is 1.39. The number of halogens is 6. The molecule has 0 saturated heterocycles.